The van der Waals surface area contributed by atoms with Gasteiger partial charge in [0.05, 0.1) is 6.10 Å². The number of halogens is 2. The Bertz CT molecular complexity index is 642. The molecule has 3 N–H and O–H groups in total. The Hall–Kier alpha value is -0.490. The molecule has 0 aliphatic heterocycles. The summed E-state index contributed by atoms with van der Waals surface area (Å²) in [4.78, 5) is 0. The summed E-state index contributed by atoms with van der Waals surface area (Å²) in [5.74, 6) is 0.770. The van der Waals surface area contributed by atoms with Crippen LogP contribution in [0.2, 0.25) is 0 Å². The first kappa shape index (κ1) is 19.8. The van der Waals surface area contributed by atoms with Gasteiger partial charge in [-0.1, -0.05) is 39.8 Å². The van der Waals surface area contributed by atoms with Crippen LogP contribution in [-0.2, 0) is 11.2 Å². The van der Waals surface area contributed by atoms with E-state index in [0.29, 0.717) is 6.10 Å². The standard InChI is InChI=1S/C18H23BrN2OS.ClH/c1-22-14-4-7-18(8-5-14)11-12-2-3-13(19)10-15(12)16(18)6-9-23-17(20)21;/h2-3,6,10,14H,4-5,7-9,11H2,1H3,(H3,20,21);1H/b16-6+;. The number of benzene rings is 1. The molecular weight excluding hydrogens is 408 g/mol. The molecule has 3 rings (SSSR count). The molecule has 2 aliphatic carbocycles. The molecule has 2 aliphatic rings. The molecule has 0 unspecified atom stereocenters. The average Bonchev–Trinajstić information content (AvgIpc) is 2.81. The van der Waals surface area contributed by atoms with Gasteiger partial charge in [0.1, 0.15) is 0 Å². The van der Waals surface area contributed by atoms with Gasteiger partial charge in [0.2, 0.25) is 0 Å². The summed E-state index contributed by atoms with van der Waals surface area (Å²) < 4.78 is 6.69. The maximum atomic E-state index is 7.42. The summed E-state index contributed by atoms with van der Waals surface area (Å²) in [5, 5.41) is 7.61. The maximum absolute atomic E-state index is 7.42. The molecule has 0 amide bonds. The lowest BCUT2D eigenvalue weighted by molar-refractivity contribution is 0.0447. The molecule has 1 aromatic carbocycles. The zero-order chi connectivity index (χ0) is 16.4. The molecule has 0 saturated heterocycles. The van der Waals surface area contributed by atoms with Crippen LogP contribution in [0, 0.1) is 10.8 Å². The Morgan fingerprint density at radius 3 is 2.79 bits per heavy atom. The third-order valence-corrected chi connectivity index (χ3v) is 6.35. The van der Waals surface area contributed by atoms with Gasteiger partial charge in [0, 0.05) is 17.3 Å². The number of amidine groups is 1. The van der Waals surface area contributed by atoms with Crippen molar-refractivity contribution in [1.82, 2.24) is 0 Å². The van der Waals surface area contributed by atoms with Crippen LogP contribution in [0.4, 0.5) is 0 Å². The van der Waals surface area contributed by atoms with E-state index in [-0.39, 0.29) is 23.0 Å². The fourth-order valence-corrected chi connectivity index (χ4v) is 4.86. The molecule has 0 heterocycles. The lowest BCUT2D eigenvalue weighted by Crippen LogP contribution is -2.30. The molecule has 24 heavy (non-hydrogen) atoms. The number of rotatable bonds is 3. The highest BCUT2D eigenvalue weighted by Crippen LogP contribution is 2.55. The minimum Gasteiger partial charge on any atom is -0.381 e. The van der Waals surface area contributed by atoms with Gasteiger partial charge in [0.25, 0.3) is 0 Å². The molecule has 1 fully saturated rings. The summed E-state index contributed by atoms with van der Waals surface area (Å²) in [5.41, 5.74) is 10.0. The highest BCUT2D eigenvalue weighted by atomic mass is 79.9. The van der Waals surface area contributed by atoms with Crippen LogP contribution in [0.5, 0.6) is 0 Å². The monoisotopic (exact) mass is 430 g/mol. The van der Waals surface area contributed by atoms with Crippen LogP contribution >= 0.6 is 40.1 Å². The Balaban J connectivity index is 0.00000208. The molecule has 1 saturated carbocycles. The van der Waals surface area contributed by atoms with E-state index >= 15 is 0 Å². The van der Waals surface area contributed by atoms with Crippen molar-refractivity contribution in [2.45, 2.75) is 38.2 Å². The number of thioether (sulfide) groups is 1. The quantitative estimate of drug-likeness (QED) is 0.522. The second-order valence-corrected chi connectivity index (χ2v) is 8.46. The summed E-state index contributed by atoms with van der Waals surface area (Å²) in [7, 11) is 1.82. The van der Waals surface area contributed by atoms with E-state index in [9.17, 15) is 0 Å². The first-order valence-electron chi connectivity index (χ1n) is 8.03. The molecule has 0 atom stereocenters. The zero-order valence-electron chi connectivity index (χ0n) is 13.8. The molecule has 3 nitrogen and oxygen atoms in total. The SMILES string of the molecule is COC1CCC2(CC1)Cc1ccc(Br)cc1/C2=C\CSC(=N)N.Cl. The van der Waals surface area contributed by atoms with Gasteiger partial charge >= 0.3 is 0 Å². The van der Waals surface area contributed by atoms with Crippen LogP contribution < -0.4 is 5.73 Å². The largest absolute Gasteiger partial charge is 0.381 e. The summed E-state index contributed by atoms with van der Waals surface area (Å²) in [6, 6.07) is 6.64. The maximum Gasteiger partial charge on any atom is 0.151 e. The normalized spacial score (nSPS) is 27.1. The Labute approximate surface area is 162 Å². The van der Waals surface area contributed by atoms with E-state index in [2.05, 4.69) is 40.2 Å². The number of nitrogens with one attached hydrogen (secondary N) is 1. The number of nitrogens with two attached hydrogens (primary N) is 1. The molecule has 0 aromatic heterocycles. The number of methoxy groups -OCH3 is 1. The van der Waals surface area contributed by atoms with Gasteiger partial charge < -0.3 is 10.5 Å². The second kappa shape index (κ2) is 8.26. The predicted molar refractivity (Wildman–Crippen MR) is 109 cm³/mol. The predicted octanol–water partition coefficient (Wildman–Crippen LogP) is 5.01. The van der Waals surface area contributed by atoms with Crippen molar-refractivity contribution in [2.75, 3.05) is 12.9 Å². The van der Waals surface area contributed by atoms with E-state index in [4.69, 9.17) is 15.9 Å². The fourth-order valence-electron chi connectivity index (χ4n) is 4.07. The van der Waals surface area contributed by atoms with E-state index in [1.807, 2.05) is 7.11 Å². The second-order valence-electron chi connectivity index (χ2n) is 6.49. The highest BCUT2D eigenvalue weighted by molar-refractivity contribution is 9.10. The number of allylic oxidation sites excluding steroid dienone is 1. The van der Waals surface area contributed by atoms with Crippen molar-refractivity contribution in [3.8, 4) is 0 Å². The lowest BCUT2D eigenvalue weighted by Gasteiger charge is -2.38. The van der Waals surface area contributed by atoms with Crippen molar-refractivity contribution in [3.63, 3.8) is 0 Å². The van der Waals surface area contributed by atoms with Crippen LogP contribution in [0.15, 0.2) is 28.7 Å². The number of hydrogen-bond donors (Lipinski definition) is 2. The minimum absolute atomic E-state index is 0. The first-order valence-corrected chi connectivity index (χ1v) is 9.81. The first-order chi connectivity index (χ1) is 11.0. The fraction of sp³-hybridized carbons (Fsp3) is 0.500. The molecule has 132 valence electrons. The Kier molecular flexibility index (Phi) is 6.82. The van der Waals surface area contributed by atoms with Crippen LogP contribution in [0.25, 0.3) is 5.57 Å². The van der Waals surface area contributed by atoms with E-state index in [1.54, 1.807) is 0 Å². The smallest absolute Gasteiger partial charge is 0.151 e. The molecular formula is C18H24BrClN2OS. The van der Waals surface area contributed by atoms with Gasteiger partial charge in [-0.25, -0.2) is 0 Å². The van der Waals surface area contributed by atoms with Crippen LogP contribution in [0.3, 0.4) is 0 Å². The van der Waals surface area contributed by atoms with Crippen LogP contribution in [-0.4, -0.2) is 24.1 Å². The van der Waals surface area contributed by atoms with Gasteiger partial charge in [-0.15, -0.1) is 12.4 Å². The number of hydrogen-bond acceptors (Lipinski definition) is 3. The summed E-state index contributed by atoms with van der Waals surface area (Å²) in [6.45, 7) is 0. The topological polar surface area (TPSA) is 59.1 Å². The van der Waals surface area contributed by atoms with Crippen molar-refractivity contribution < 1.29 is 4.74 Å². The van der Waals surface area contributed by atoms with Crippen molar-refractivity contribution in [2.24, 2.45) is 11.1 Å². The summed E-state index contributed by atoms with van der Waals surface area (Å²) in [6.07, 6.45) is 8.44. The third kappa shape index (κ3) is 4.01. The summed E-state index contributed by atoms with van der Waals surface area (Å²) >= 11 is 5.01. The van der Waals surface area contributed by atoms with E-state index < -0.39 is 0 Å². The van der Waals surface area contributed by atoms with E-state index in [0.717, 1.165) is 29.5 Å². The van der Waals surface area contributed by atoms with Gasteiger partial charge in [-0.2, -0.15) is 0 Å². The van der Waals surface area contributed by atoms with Crippen molar-refractivity contribution >= 4 is 50.8 Å². The van der Waals surface area contributed by atoms with Crippen molar-refractivity contribution in [3.05, 3.63) is 39.9 Å². The number of ether oxygens (including phenoxy) is 1. The minimum atomic E-state index is 0. The highest BCUT2D eigenvalue weighted by Gasteiger charge is 2.43. The molecule has 6 heteroatoms. The van der Waals surface area contributed by atoms with Gasteiger partial charge in [-0.05, 0) is 66.4 Å². The third-order valence-electron chi connectivity index (χ3n) is 5.21. The van der Waals surface area contributed by atoms with Gasteiger partial charge in [-0.3, -0.25) is 5.41 Å². The average molecular weight is 432 g/mol. The molecule has 1 aromatic rings. The number of fused-ring (bicyclic) bond motifs is 1. The Morgan fingerprint density at radius 1 is 1.46 bits per heavy atom. The Morgan fingerprint density at radius 2 is 2.17 bits per heavy atom. The van der Waals surface area contributed by atoms with Gasteiger partial charge in [0.15, 0.2) is 5.17 Å². The molecule has 0 radical (unpaired) electrons. The van der Waals surface area contributed by atoms with E-state index in [1.165, 1.54) is 41.3 Å². The molecule has 1 spiro atoms. The zero-order valence-corrected chi connectivity index (χ0v) is 17.0. The van der Waals surface area contributed by atoms with Crippen LogP contribution in [0.1, 0.15) is 36.8 Å². The molecule has 0 bridgehead atoms. The lowest BCUT2D eigenvalue weighted by atomic mass is 9.68. The van der Waals surface area contributed by atoms with Crippen molar-refractivity contribution in [1.29, 1.82) is 5.41 Å².